The van der Waals surface area contributed by atoms with Gasteiger partial charge in [-0.2, -0.15) is 0 Å². The minimum Gasteiger partial charge on any atom is -0.480 e. The molecule has 0 aromatic carbocycles. The molecule has 0 heterocycles. The molecule has 0 aliphatic heterocycles. The highest BCUT2D eigenvalue weighted by molar-refractivity contribution is 7.47. The van der Waals surface area contributed by atoms with E-state index in [1.165, 1.54) is 77.0 Å². The standard InChI is InChI=1S/C44H80NO10P/c1-3-5-7-9-11-13-15-17-19-20-21-22-24-26-28-30-32-34-36-43(47)55-40(38-53-56(50,51)54-39-41(45)44(48)49)37-52-42(46)35-33-31-29-27-25-23-18-16-14-12-10-8-6-4-2/h13,15-16,18-20,40-41H,3-12,14,17,21-39,45H2,1-2H3,(H,48,49)(H,50,51)/b15-13-,18-16-,20-19-. The molecule has 0 aliphatic carbocycles. The van der Waals surface area contributed by atoms with Crippen LogP contribution in [0.2, 0.25) is 0 Å². The van der Waals surface area contributed by atoms with Gasteiger partial charge >= 0.3 is 25.7 Å². The highest BCUT2D eigenvalue weighted by atomic mass is 31.2. The molecule has 3 unspecified atom stereocenters. The lowest BCUT2D eigenvalue weighted by Crippen LogP contribution is -2.34. The number of carbonyl (C=O) groups is 3. The summed E-state index contributed by atoms with van der Waals surface area (Å²) in [6.07, 6.45) is 42.0. The van der Waals surface area contributed by atoms with E-state index in [1.54, 1.807) is 0 Å². The average molecular weight is 814 g/mol. The van der Waals surface area contributed by atoms with Crippen LogP contribution in [-0.4, -0.2) is 59.9 Å². The van der Waals surface area contributed by atoms with E-state index >= 15 is 0 Å². The molecule has 3 atom stereocenters. The van der Waals surface area contributed by atoms with E-state index in [2.05, 4.69) is 54.8 Å². The Hall–Kier alpha value is -2.30. The number of ether oxygens (including phenoxy) is 2. The fourth-order valence-corrected chi connectivity index (χ4v) is 6.63. The topological polar surface area (TPSA) is 172 Å². The van der Waals surface area contributed by atoms with Crippen molar-refractivity contribution in [2.45, 2.75) is 206 Å². The summed E-state index contributed by atoms with van der Waals surface area (Å²) in [6, 6.07) is -1.52. The molecule has 0 aromatic heterocycles. The van der Waals surface area contributed by atoms with Crippen LogP contribution in [0.5, 0.6) is 0 Å². The minimum atomic E-state index is -4.72. The molecule has 0 saturated carbocycles. The Labute approximate surface area is 340 Å². The second-order valence-corrected chi connectivity index (χ2v) is 16.3. The van der Waals surface area contributed by atoms with Crippen LogP contribution in [0, 0.1) is 0 Å². The van der Waals surface area contributed by atoms with E-state index in [4.69, 9.17) is 24.8 Å². The second kappa shape index (κ2) is 39.5. The van der Waals surface area contributed by atoms with Crippen LogP contribution in [0.15, 0.2) is 36.5 Å². The molecule has 0 fully saturated rings. The Balaban J connectivity index is 4.38. The van der Waals surface area contributed by atoms with Gasteiger partial charge in [0.2, 0.25) is 0 Å². The number of rotatable bonds is 41. The fourth-order valence-electron chi connectivity index (χ4n) is 5.85. The third kappa shape index (κ3) is 38.6. The number of nitrogens with two attached hydrogens (primary N) is 1. The Bertz CT molecular complexity index is 1100. The van der Waals surface area contributed by atoms with Crippen molar-refractivity contribution in [2.24, 2.45) is 5.73 Å². The van der Waals surface area contributed by atoms with Crippen LogP contribution in [0.4, 0.5) is 0 Å². The molecule has 0 radical (unpaired) electrons. The SMILES string of the molecule is CCCCCC/C=C\C/C=C\CCCCCCCCCC(=O)OC(COC(=O)CCCCCCC/C=C\CCCCCCC)COP(=O)(O)OCC(N)C(=O)O. The van der Waals surface area contributed by atoms with Crippen molar-refractivity contribution in [3.05, 3.63) is 36.5 Å². The largest absolute Gasteiger partial charge is 0.480 e. The van der Waals surface area contributed by atoms with Crippen LogP contribution in [0.25, 0.3) is 0 Å². The quantitative estimate of drug-likeness (QED) is 0.0232. The zero-order valence-corrected chi connectivity index (χ0v) is 36.1. The van der Waals surface area contributed by atoms with E-state index in [9.17, 15) is 23.8 Å². The summed E-state index contributed by atoms with van der Waals surface area (Å²) in [7, 11) is -4.72. The third-order valence-corrected chi connectivity index (χ3v) is 10.3. The Kier molecular flexibility index (Phi) is 37.9. The zero-order valence-electron chi connectivity index (χ0n) is 35.2. The van der Waals surface area contributed by atoms with Gasteiger partial charge in [0.05, 0.1) is 13.2 Å². The summed E-state index contributed by atoms with van der Waals surface area (Å²) in [5, 5.41) is 8.89. The predicted molar refractivity (Wildman–Crippen MR) is 226 cm³/mol. The maximum atomic E-state index is 12.6. The molecule has 0 saturated heterocycles. The lowest BCUT2D eigenvalue weighted by atomic mass is 10.1. The van der Waals surface area contributed by atoms with Gasteiger partial charge in [0.1, 0.15) is 12.6 Å². The normalized spacial score (nSPS) is 14.1. The number of esters is 2. The van der Waals surface area contributed by atoms with Crippen molar-refractivity contribution in [3.63, 3.8) is 0 Å². The highest BCUT2D eigenvalue weighted by Crippen LogP contribution is 2.43. The molecule has 11 nitrogen and oxygen atoms in total. The summed E-state index contributed by atoms with van der Waals surface area (Å²) in [4.78, 5) is 45.9. The van der Waals surface area contributed by atoms with E-state index in [1.807, 2.05) is 0 Å². The molecule has 0 spiro atoms. The van der Waals surface area contributed by atoms with Gasteiger partial charge in [-0.05, 0) is 70.6 Å². The second-order valence-electron chi connectivity index (χ2n) is 14.8. The van der Waals surface area contributed by atoms with Gasteiger partial charge in [-0.15, -0.1) is 0 Å². The summed E-state index contributed by atoms with van der Waals surface area (Å²) in [6.45, 7) is 2.76. The lowest BCUT2D eigenvalue weighted by molar-refractivity contribution is -0.161. The van der Waals surface area contributed by atoms with Crippen molar-refractivity contribution >= 4 is 25.7 Å². The lowest BCUT2D eigenvalue weighted by Gasteiger charge is -2.20. The van der Waals surface area contributed by atoms with Crippen molar-refractivity contribution in [1.29, 1.82) is 0 Å². The molecule has 0 aliphatic rings. The van der Waals surface area contributed by atoms with Crippen molar-refractivity contribution in [1.82, 2.24) is 0 Å². The number of allylic oxidation sites excluding steroid dienone is 6. The number of aliphatic carboxylic acids is 1. The van der Waals surface area contributed by atoms with E-state index < -0.39 is 51.1 Å². The number of carboxylic acid groups (broad SMARTS) is 1. The first-order valence-electron chi connectivity index (χ1n) is 22.0. The van der Waals surface area contributed by atoms with Gasteiger partial charge in [0, 0.05) is 12.8 Å². The van der Waals surface area contributed by atoms with Gasteiger partial charge in [-0.3, -0.25) is 23.4 Å². The van der Waals surface area contributed by atoms with E-state index in [0.29, 0.717) is 12.8 Å². The summed E-state index contributed by atoms with van der Waals surface area (Å²) < 4.78 is 32.7. The predicted octanol–water partition coefficient (Wildman–Crippen LogP) is 11.6. The molecule has 0 bridgehead atoms. The Morgan fingerprint density at radius 2 is 0.946 bits per heavy atom. The summed E-state index contributed by atoms with van der Waals surface area (Å²) in [5.41, 5.74) is 5.33. The number of phosphoric acid groups is 1. The first-order chi connectivity index (χ1) is 27.1. The van der Waals surface area contributed by atoms with Crippen molar-refractivity contribution in [3.8, 4) is 0 Å². The number of hydrogen-bond donors (Lipinski definition) is 3. The highest BCUT2D eigenvalue weighted by Gasteiger charge is 2.28. The average Bonchev–Trinajstić information content (AvgIpc) is 3.17. The minimum absolute atomic E-state index is 0.151. The van der Waals surface area contributed by atoms with Gasteiger partial charge in [0.15, 0.2) is 6.10 Å². The van der Waals surface area contributed by atoms with Gasteiger partial charge in [-0.1, -0.05) is 147 Å². The van der Waals surface area contributed by atoms with Gasteiger partial charge in [0.25, 0.3) is 0 Å². The maximum Gasteiger partial charge on any atom is 0.472 e. The number of unbranched alkanes of at least 4 members (excludes halogenated alkanes) is 21. The van der Waals surface area contributed by atoms with E-state index in [-0.39, 0.29) is 19.4 Å². The first-order valence-corrected chi connectivity index (χ1v) is 23.5. The fraction of sp³-hybridized carbons (Fsp3) is 0.795. The molecule has 56 heavy (non-hydrogen) atoms. The van der Waals surface area contributed by atoms with Crippen LogP contribution in [-0.2, 0) is 37.5 Å². The molecule has 326 valence electrons. The molecule has 12 heteroatoms. The van der Waals surface area contributed by atoms with Crippen LogP contribution >= 0.6 is 7.82 Å². The number of carboxylic acids is 1. The molecular weight excluding hydrogens is 733 g/mol. The summed E-state index contributed by atoms with van der Waals surface area (Å²) in [5.74, 6) is -2.40. The van der Waals surface area contributed by atoms with Gasteiger partial charge in [-0.25, -0.2) is 4.57 Å². The molecule has 0 amide bonds. The van der Waals surface area contributed by atoms with Crippen molar-refractivity contribution in [2.75, 3.05) is 19.8 Å². The monoisotopic (exact) mass is 814 g/mol. The number of hydrogen-bond acceptors (Lipinski definition) is 9. The smallest absolute Gasteiger partial charge is 0.472 e. The molecule has 0 rings (SSSR count). The maximum absolute atomic E-state index is 12.6. The van der Waals surface area contributed by atoms with Crippen molar-refractivity contribution < 1.29 is 47.5 Å². The Morgan fingerprint density at radius 1 is 0.554 bits per heavy atom. The molecule has 4 N–H and O–H groups in total. The summed E-state index contributed by atoms with van der Waals surface area (Å²) >= 11 is 0. The Morgan fingerprint density at radius 3 is 1.43 bits per heavy atom. The van der Waals surface area contributed by atoms with Gasteiger partial charge < -0.3 is 25.2 Å². The zero-order chi connectivity index (χ0) is 41.4. The van der Waals surface area contributed by atoms with Crippen LogP contribution in [0.1, 0.15) is 194 Å². The van der Waals surface area contributed by atoms with E-state index in [0.717, 1.165) is 77.0 Å². The number of carbonyl (C=O) groups excluding carboxylic acids is 2. The third-order valence-electron chi connectivity index (χ3n) is 9.36. The van der Waals surface area contributed by atoms with Crippen LogP contribution < -0.4 is 5.73 Å². The first kappa shape index (κ1) is 53.7. The van der Waals surface area contributed by atoms with Crippen LogP contribution in [0.3, 0.4) is 0 Å². The number of phosphoric ester groups is 1. The molecule has 0 aromatic rings. The molecular formula is C44H80NO10P.